The van der Waals surface area contributed by atoms with Crippen LogP contribution in [0.5, 0.6) is 0 Å². The van der Waals surface area contributed by atoms with Gasteiger partial charge in [-0.25, -0.2) is 4.79 Å². The third-order valence-corrected chi connectivity index (χ3v) is 3.89. The number of carbonyl (C=O) groups excluding carboxylic acids is 2. The number of primary amides is 1. The molecule has 2 heterocycles. The fraction of sp³-hybridized carbons (Fsp3) is 0.833. The Morgan fingerprint density at radius 1 is 1.39 bits per heavy atom. The number of urea groups is 1. The minimum absolute atomic E-state index is 0.0186. The van der Waals surface area contributed by atoms with Crippen molar-refractivity contribution in [2.24, 2.45) is 17.6 Å². The second-order valence-corrected chi connectivity index (χ2v) is 5.27. The second-order valence-electron chi connectivity index (χ2n) is 5.27. The van der Waals surface area contributed by atoms with E-state index in [4.69, 9.17) is 5.73 Å². The van der Waals surface area contributed by atoms with Gasteiger partial charge in [-0.2, -0.15) is 0 Å². The molecular weight excluding hydrogens is 232 g/mol. The van der Waals surface area contributed by atoms with Crippen molar-refractivity contribution in [1.29, 1.82) is 0 Å². The molecule has 2 aliphatic rings. The van der Waals surface area contributed by atoms with Gasteiger partial charge in [-0.05, 0) is 18.3 Å². The molecule has 2 rings (SSSR count). The molecular formula is C12H22N4O2. The lowest BCUT2D eigenvalue weighted by Crippen LogP contribution is -2.49. The number of fused-ring (bicyclic) bond motifs is 1. The molecule has 0 aromatic carbocycles. The summed E-state index contributed by atoms with van der Waals surface area (Å²) in [6, 6.07) is -1.08. The summed E-state index contributed by atoms with van der Waals surface area (Å²) in [5.41, 5.74) is 5.12. The Morgan fingerprint density at radius 2 is 2.00 bits per heavy atom. The molecule has 6 nitrogen and oxygen atoms in total. The molecule has 3 amide bonds. The molecule has 18 heavy (non-hydrogen) atoms. The van der Waals surface area contributed by atoms with Gasteiger partial charge in [-0.3, -0.25) is 4.79 Å². The van der Waals surface area contributed by atoms with Gasteiger partial charge in [-0.1, -0.05) is 13.3 Å². The Kier molecular flexibility index (Phi) is 4.06. The van der Waals surface area contributed by atoms with Crippen LogP contribution in [0.25, 0.3) is 0 Å². The zero-order chi connectivity index (χ0) is 13.1. The third-order valence-electron chi connectivity index (χ3n) is 3.89. The smallest absolute Gasteiger partial charge is 0.312 e. The third kappa shape index (κ3) is 2.75. The zero-order valence-electron chi connectivity index (χ0n) is 10.8. The van der Waals surface area contributed by atoms with Gasteiger partial charge in [0.05, 0.1) is 0 Å². The molecule has 6 heteroatoms. The first-order valence-electron chi connectivity index (χ1n) is 6.67. The quantitative estimate of drug-likeness (QED) is 0.632. The van der Waals surface area contributed by atoms with Crippen LogP contribution >= 0.6 is 0 Å². The van der Waals surface area contributed by atoms with Crippen molar-refractivity contribution in [3.05, 3.63) is 0 Å². The van der Waals surface area contributed by atoms with Crippen LogP contribution < -0.4 is 16.4 Å². The summed E-state index contributed by atoms with van der Waals surface area (Å²) >= 11 is 0. The zero-order valence-corrected chi connectivity index (χ0v) is 10.8. The lowest BCUT2D eigenvalue weighted by Gasteiger charge is -2.24. The number of hydrogen-bond acceptors (Lipinski definition) is 3. The molecule has 2 fully saturated rings. The first kappa shape index (κ1) is 13.1. The van der Waals surface area contributed by atoms with Crippen LogP contribution in [-0.4, -0.2) is 49.1 Å². The molecule has 0 unspecified atom stereocenters. The van der Waals surface area contributed by atoms with Gasteiger partial charge in [0.1, 0.15) is 6.04 Å². The van der Waals surface area contributed by atoms with Crippen molar-refractivity contribution in [3.8, 4) is 0 Å². The molecule has 0 aromatic rings. The van der Waals surface area contributed by atoms with E-state index in [1.54, 1.807) is 0 Å². The maximum Gasteiger partial charge on any atom is 0.312 e. The van der Waals surface area contributed by atoms with Gasteiger partial charge < -0.3 is 21.3 Å². The van der Waals surface area contributed by atoms with Crippen molar-refractivity contribution in [1.82, 2.24) is 15.5 Å². The van der Waals surface area contributed by atoms with E-state index in [-0.39, 0.29) is 5.91 Å². The molecule has 0 saturated carbocycles. The number of amides is 3. The van der Waals surface area contributed by atoms with Crippen LogP contribution in [0.2, 0.25) is 0 Å². The van der Waals surface area contributed by atoms with Gasteiger partial charge in [0, 0.05) is 26.2 Å². The molecule has 0 aliphatic carbocycles. The highest BCUT2D eigenvalue weighted by molar-refractivity contribution is 5.86. The molecule has 4 N–H and O–H groups in total. The highest BCUT2D eigenvalue weighted by Crippen LogP contribution is 2.26. The van der Waals surface area contributed by atoms with E-state index in [1.165, 1.54) is 0 Å². The van der Waals surface area contributed by atoms with E-state index < -0.39 is 12.1 Å². The Morgan fingerprint density at radius 3 is 2.50 bits per heavy atom. The van der Waals surface area contributed by atoms with E-state index in [0.29, 0.717) is 18.3 Å². The number of rotatable bonds is 4. The number of nitrogens with one attached hydrogen (secondary N) is 2. The van der Waals surface area contributed by atoms with Crippen molar-refractivity contribution in [2.45, 2.75) is 25.8 Å². The van der Waals surface area contributed by atoms with Crippen LogP contribution in [0.3, 0.4) is 0 Å². The van der Waals surface area contributed by atoms with Crippen LogP contribution in [0.1, 0.15) is 19.8 Å². The molecule has 2 saturated heterocycles. The van der Waals surface area contributed by atoms with E-state index in [1.807, 2.05) is 11.8 Å². The van der Waals surface area contributed by atoms with Gasteiger partial charge >= 0.3 is 6.03 Å². The standard InChI is InChI=1S/C12H22N4O2/c1-2-3-10(15-12(13)18)11(17)16-6-8-4-14-5-9(8)7-16/h8-10,14H,2-7H2,1H3,(H3,13,15,18)/t8-,9+,10-/m1/s1. The van der Waals surface area contributed by atoms with Crippen LogP contribution in [0.15, 0.2) is 0 Å². The Bertz CT molecular complexity index is 322. The number of nitrogens with two attached hydrogens (primary N) is 1. The van der Waals surface area contributed by atoms with Gasteiger partial charge in [-0.15, -0.1) is 0 Å². The summed E-state index contributed by atoms with van der Waals surface area (Å²) < 4.78 is 0. The summed E-state index contributed by atoms with van der Waals surface area (Å²) in [5, 5.41) is 5.90. The van der Waals surface area contributed by atoms with Crippen molar-refractivity contribution in [3.63, 3.8) is 0 Å². The molecule has 0 bridgehead atoms. The topological polar surface area (TPSA) is 87.5 Å². The number of likely N-dealkylation sites (tertiary alicyclic amines) is 1. The van der Waals surface area contributed by atoms with Crippen molar-refractivity contribution < 1.29 is 9.59 Å². The van der Waals surface area contributed by atoms with Crippen LogP contribution in [-0.2, 0) is 4.79 Å². The average molecular weight is 254 g/mol. The monoisotopic (exact) mass is 254 g/mol. The summed E-state index contributed by atoms with van der Waals surface area (Å²) in [6.07, 6.45) is 1.49. The minimum atomic E-state index is -0.622. The van der Waals surface area contributed by atoms with Crippen LogP contribution in [0, 0.1) is 11.8 Å². The lowest BCUT2D eigenvalue weighted by atomic mass is 10.0. The van der Waals surface area contributed by atoms with Gasteiger partial charge in [0.15, 0.2) is 0 Å². The van der Waals surface area contributed by atoms with E-state index >= 15 is 0 Å². The maximum atomic E-state index is 12.3. The summed E-state index contributed by atoms with van der Waals surface area (Å²) in [4.78, 5) is 25.1. The van der Waals surface area contributed by atoms with E-state index in [9.17, 15) is 9.59 Å². The Hall–Kier alpha value is -1.30. The average Bonchev–Trinajstić information content (AvgIpc) is 2.86. The summed E-state index contributed by atoms with van der Waals surface area (Å²) in [7, 11) is 0. The number of nitrogens with zero attached hydrogens (tertiary/aromatic N) is 1. The highest BCUT2D eigenvalue weighted by atomic mass is 16.2. The molecule has 2 aliphatic heterocycles. The second kappa shape index (κ2) is 5.56. The molecule has 0 spiro atoms. The number of carbonyl (C=O) groups is 2. The predicted molar refractivity (Wildman–Crippen MR) is 67.8 cm³/mol. The molecule has 102 valence electrons. The highest BCUT2D eigenvalue weighted by Gasteiger charge is 2.39. The first-order chi connectivity index (χ1) is 8.61. The predicted octanol–water partition coefficient (Wildman–Crippen LogP) is -0.499. The normalized spacial score (nSPS) is 27.9. The van der Waals surface area contributed by atoms with Crippen molar-refractivity contribution in [2.75, 3.05) is 26.2 Å². The fourth-order valence-corrected chi connectivity index (χ4v) is 2.97. The van der Waals surface area contributed by atoms with E-state index in [2.05, 4.69) is 10.6 Å². The SMILES string of the molecule is CCC[C@@H](NC(N)=O)C(=O)N1C[C@H]2CNC[C@H]2C1. The maximum absolute atomic E-state index is 12.3. The lowest BCUT2D eigenvalue weighted by molar-refractivity contribution is -0.132. The molecule has 3 atom stereocenters. The van der Waals surface area contributed by atoms with Gasteiger partial charge in [0.25, 0.3) is 0 Å². The summed E-state index contributed by atoms with van der Waals surface area (Å²) in [5.74, 6) is 1.17. The largest absolute Gasteiger partial charge is 0.352 e. The van der Waals surface area contributed by atoms with Gasteiger partial charge in [0.2, 0.25) is 5.91 Å². The first-order valence-corrected chi connectivity index (χ1v) is 6.67. The molecule has 0 radical (unpaired) electrons. The Balaban J connectivity index is 1.94. The number of hydrogen-bond donors (Lipinski definition) is 3. The Labute approximate surface area is 107 Å². The van der Waals surface area contributed by atoms with Crippen LogP contribution in [0.4, 0.5) is 4.79 Å². The minimum Gasteiger partial charge on any atom is -0.352 e. The van der Waals surface area contributed by atoms with E-state index in [0.717, 1.165) is 32.6 Å². The molecule has 0 aromatic heterocycles. The van der Waals surface area contributed by atoms with Crippen molar-refractivity contribution >= 4 is 11.9 Å². The fourth-order valence-electron chi connectivity index (χ4n) is 2.97. The summed E-state index contributed by atoms with van der Waals surface area (Å²) in [6.45, 7) is 5.59.